The van der Waals surface area contributed by atoms with Crippen molar-refractivity contribution in [3.63, 3.8) is 0 Å². The molecule has 2 amide bonds. The molecule has 0 saturated heterocycles. The number of hydrogen-bond donors (Lipinski definition) is 2. The zero-order chi connectivity index (χ0) is 19.6. The fourth-order valence-electron chi connectivity index (χ4n) is 3.09. The SMILES string of the molecule is CCOC(=O)c1n[nH]c2c1CN(C(=O)Nc1ccc(C(C)(C)C)cc1)CC2. The molecule has 0 radical (unpaired) electrons. The van der Waals surface area contributed by atoms with Crippen molar-refractivity contribution in [1.29, 1.82) is 0 Å². The maximum atomic E-state index is 12.7. The van der Waals surface area contributed by atoms with Crippen LogP contribution in [0.5, 0.6) is 0 Å². The lowest BCUT2D eigenvalue weighted by Gasteiger charge is -2.27. The van der Waals surface area contributed by atoms with Gasteiger partial charge in [0.15, 0.2) is 5.69 Å². The first kappa shape index (κ1) is 18.9. The van der Waals surface area contributed by atoms with Crippen molar-refractivity contribution in [1.82, 2.24) is 15.1 Å². The van der Waals surface area contributed by atoms with Crippen molar-refractivity contribution in [2.45, 2.75) is 46.1 Å². The molecule has 0 unspecified atom stereocenters. The molecular formula is C20H26N4O3. The zero-order valence-corrected chi connectivity index (χ0v) is 16.3. The first-order chi connectivity index (χ1) is 12.8. The average Bonchev–Trinajstić information content (AvgIpc) is 3.05. The van der Waals surface area contributed by atoms with Gasteiger partial charge in [-0.25, -0.2) is 9.59 Å². The highest BCUT2D eigenvalue weighted by molar-refractivity contribution is 5.91. The number of carbonyl (C=O) groups is 2. The van der Waals surface area contributed by atoms with Gasteiger partial charge in [-0.05, 0) is 30.0 Å². The van der Waals surface area contributed by atoms with E-state index in [1.807, 2.05) is 24.3 Å². The van der Waals surface area contributed by atoms with Crippen LogP contribution in [0.4, 0.5) is 10.5 Å². The minimum atomic E-state index is -0.463. The predicted molar refractivity (Wildman–Crippen MR) is 103 cm³/mol. The van der Waals surface area contributed by atoms with E-state index in [-0.39, 0.29) is 23.7 Å². The molecule has 1 aliphatic rings. The second-order valence-electron chi connectivity index (χ2n) is 7.68. The Morgan fingerprint density at radius 3 is 2.59 bits per heavy atom. The molecule has 0 aliphatic carbocycles. The first-order valence-electron chi connectivity index (χ1n) is 9.19. The van der Waals surface area contributed by atoms with E-state index >= 15 is 0 Å². The van der Waals surface area contributed by atoms with Crippen molar-refractivity contribution in [3.05, 3.63) is 46.8 Å². The van der Waals surface area contributed by atoms with Crippen LogP contribution in [0.1, 0.15) is 55.0 Å². The van der Waals surface area contributed by atoms with Crippen molar-refractivity contribution >= 4 is 17.7 Å². The van der Waals surface area contributed by atoms with Crippen LogP contribution < -0.4 is 5.32 Å². The third-order valence-corrected chi connectivity index (χ3v) is 4.69. The minimum Gasteiger partial charge on any atom is -0.461 e. The molecule has 1 aromatic carbocycles. The van der Waals surface area contributed by atoms with E-state index in [1.165, 1.54) is 5.56 Å². The zero-order valence-electron chi connectivity index (χ0n) is 16.3. The Hall–Kier alpha value is -2.83. The van der Waals surface area contributed by atoms with Gasteiger partial charge in [-0.1, -0.05) is 32.9 Å². The predicted octanol–water partition coefficient (Wildman–Crippen LogP) is 3.47. The van der Waals surface area contributed by atoms with Crippen LogP contribution in [-0.2, 0) is 23.1 Å². The number of fused-ring (bicyclic) bond motifs is 1. The summed E-state index contributed by atoms with van der Waals surface area (Å²) in [4.78, 5) is 26.4. The normalized spacial score (nSPS) is 13.9. The number of hydrogen-bond acceptors (Lipinski definition) is 4. The molecule has 0 bridgehead atoms. The fourth-order valence-corrected chi connectivity index (χ4v) is 3.09. The molecular weight excluding hydrogens is 344 g/mol. The van der Waals surface area contributed by atoms with Crippen LogP contribution >= 0.6 is 0 Å². The number of esters is 1. The van der Waals surface area contributed by atoms with Gasteiger partial charge in [0, 0.05) is 29.9 Å². The Labute approximate surface area is 159 Å². The van der Waals surface area contributed by atoms with Gasteiger partial charge in [0.1, 0.15) is 0 Å². The number of aromatic nitrogens is 2. The van der Waals surface area contributed by atoms with Gasteiger partial charge in [-0.15, -0.1) is 0 Å². The number of nitrogens with one attached hydrogen (secondary N) is 2. The second-order valence-corrected chi connectivity index (χ2v) is 7.68. The molecule has 2 heterocycles. The van der Waals surface area contributed by atoms with Gasteiger partial charge < -0.3 is 15.0 Å². The summed E-state index contributed by atoms with van der Waals surface area (Å²) in [5, 5.41) is 9.88. The van der Waals surface area contributed by atoms with Gasteiger partial charge in [0.2, 0.25) is 0 Å². The van der Waals surface area contributed by atoms with Crippen LogP contribution in [0.15, 0.2) is 24.3 Å². The lowest BCUT2D eigenvalue weighted by atomic mass is 9.87. The number of carbonyl (C=O) groups excluding carboxylic acids is 2. The molecule has 2 N–H and O–H groups in total. The van der Waals surface area contributed by atoms with Crippen molar-refractivity contribution in [2.24, 2.45) is 0 Å². The molecule has 1 aromatic heterocycles. The summed E-state index contributed by atoms with van der Waals surface area (Å²) in [6.07, 6.45) is 0.623. The molecule has 0 saturated carbocycles. The van der Waals surface area contributed by atoms with E-state index in [0.29, 0.717) is 19.5 Å². The van der Waals surface area contributed by atoms with E-state index in [4.69, 9.17) is 4.74 Å². The number of rotatable bonds is 3. The highest BCUT2D eigenvalue weighted by Gasteiger charge is 2.28. The summed E-state index contributed by atoms with van der Waals surface area (Å²) in [5.41, 5.74) is 3.90. The van der Waals surface area contributed by atoms with E-state index in [2.05, 4.69) is 36.3 Å². The Kier molecular flexibility index (Phi) is 5.21. The molecule has 3 rings (SSSR count). The Morgan fingerprint density at radius 1 is 1.26 bits per heavy atom. The molecule has 0 atom stereocenters. The van der Waals surface area contributed by atoms with Gasteiger partial charge in [-0.2, -0.15) is 5.10 Å². The van der Waals surface area contributed by atoms with E-state index in [9.17, 15) is 9.59 Å². The lowest BCUT2D eigenvalue weighted by molar-refractivity contribution is 0.0517. The quantitative estimate of drug-likeness (QED) is 0.810. The maximum absolute atomic E-state index is 12.7. The number of H-pyrrole nitrogens is 1. The molecule has 0 spiro atoms. The lowest BCUT2D eigenvalue weighted by Crippen LogP contribution is -2.39. The number of aromatic amines is 1. The minimum absolute atomic E-state index is 0.0661. The number of ether oxygens (including phenoxy) is 1. The van der Waals surface area contributed by atoms with Gasteiger partial charge in [0.25, 0.3) is 0 Å². The van der Waals surface area contributed by atoms with Crippen LogP contribution in [0, 0.1) is 0 Å². The second kappa shape index (κ2) is 7.42. The van der Waals surface area contributed by atoms with E-state index in [0.717, 1.165) is 16.9 Å². The summed E-state index contributed by atoms with van der Waals surface area (Å²) in [6, 6.07) is 7.68. The van der Waals surface area contributed by atoms with Crippen molar-refractivity contribution in [3.8, 4) is 0 Å². The molecule has 0 fully saturated rings. The summed E-state index contributed by atoms with van der Waals surface area (Å²) in [6.45, 7) is 9.38. The third-order valence-electron chi connectivity index (χ3n) is 4.69. The highest BCUT2D eigenvalue weighted by atomic mass is 16.5. The van der Waals surface area contributed by atoms with Crippen LogP contribution in [0.3, 0.4) is 0 Å². The van der Waals surface area contributed by atoms with Gasteiger partial charge in [0.05, 0.1) is 13.2 Å². The van der Waals surface area contributed by atoms with Crippen LogP contribution in [0.2, 0.25) is 0 Å². The molecule has 144 valence electrons. The molecule has 1 aliphatic heterocycles. The molecule has 27 heavy (non-hydrogen) atoms. The summed E-state index contributed by atoms with van der Waals surface area (Å²) >= 11 is 0. The Bertz CT molecular complexity index is 834. The number of urea groups is 1. The molecule has 2 aromatic rings. The third kappa shape index (κ3) is 4.13. The number of nitrogens with zero attached hydrogens (tertiary/aromatic N) is 2. The number of anilines is 1. The van der Waals surface area contributed by atoms with Crippen molar-refractivity contribution in [2.75, 3.05) is 18.5 Å². The summed E-state index contributed by atoms with van der Waals surface area (Å²) in [7, 11) is 0. The molecule has 7 nitrogen and oxygen atoms in total. The largest absolute Gasteiger partial charge is 0.461 e. The first-order valence-corrected chi connectivity index (χ1v) is 9.19. The monoisotopic (exact) mass is 370 g/mol. The average molecular weight is 370 g/mol. The van der Waals surface area contributed by atoms with Gasteiger partial charge >= 0.3 is 12.0 Å². The smallest absolute Gasteiger partial charge is 0.359 e. The molecule has 7 heteroatoms. The topological polar surface area (TPSA) is 87.3 Å². The maximum Gasteiger partial charge on any atom is 0.359 e. The van der Waals surface area contributed by atoms with Crippen molar-refractivity contribution < 1.29 is 14.3 Å². The van der Waals surface area contributed by atoms with Crippen LogP contribution in [0.25, 0.3) is 0 Å². The van der Waals surface area contributed by atoms with E-state index < -0.39 is 5.97 Å². The summed E-state index contributed by atoms with van der Waals surface area (Å²) < 4.78 is 5.04. The van der Waals surface area contributed by atoms with Gasteiger partial charge in [-0.3, -0.25) is 5.10 Å². The fraction of sp³-hybridized carbons (Fsp3) is 0.450. The Morgan fingerprint density at radius 2 is 1.96 bits per heavy atom. The standard InChI is InChI=1S/C20H26N4O3/c1-5-27-18(25)17-15-12-24(11-10-16(15)22-23-17)19(26)21-14-8-6-13(7-9-14)20(2,3)4/h6-9H,5,10-12H2,1-4H3,(H,21,26)(H,22,23). The van der Waals surface area contributed by atoms with Crippen LogP contribution in [-0.4, -0.2) is 40.2 Å². The Balaban J connectivity index is 1.69. The van der Waals surface area contributed by atoms with E-state index in [1.54, 1.807) is 11.8 Å². The summed E-state index contributed by atoms with van der Waals surface area (Å²) in [5.74, 6) is -0.463. The number of amides is 2. The number of benzene rings is 1. The highest BCUT2D eigenvalue weighted by Crippen LogP contribution is 2.25.